The van der Waals surface area contributed by atoms with Gasteiger partial charge in [-0.05, 0) is 107 Å². The lowest BCUT2D eigenvalue weighted by Crippen LogP contribution is -2.42. The molecule has 0 saturated carbocycles. The number of benzene rings is 3. The molecule has 2 amide bonds. The molecule has 5 heterocycles. The number of carbonyl (C=O) groups excluding carboxylic acids is 2. The fourth-order valence-corrected chi connectivity index (χ4v) is 11.1. The Morgan fingerprint density at radius 2 is 1.18 bits per heavy atom. The smallest absolute Gasteiger partial charge is 0.247 e. The highest BCUT2D eigenvalue weighted by atomic mass is 32.2. The number of carbonyl (C=O) groups is 2. The van der Waals surface area contributed by atoms with Crippen LogP contribution in [-0.2, 0) is 29.3 Å². The lowest BCUT2D eigenvalue weighted by molar-refractivity contribution is -0.120. The second-order valence-electron chi connectivity index (χ2n) is 15.7. The van der Waals surface area contributed by atoms with Crippen molar-refractivity contribution in [3.63, 3.8) is 0 Å². The average Bonchev–Trinajstić information content (AvgIpc) is 3.89. The first-order valence-corrected chi connectivity index (χ1v) is 23.7. The summed E-state index contributed by atoms with van der Waals surface area (Å²) >= 11 is 0. The standard InChI is InChI=1S/C27H30N4O5S.C16H21N3O3S/c1-17-26(18(2)36-30-17)19-8-9-22(28-20-12-14-37(34,35)15-13-20)23(16-19)29-27(33)24-10-11-25(32)31(24)21-6-4-3-5-7-21;1-10-16(11(2)22-19-10)12-3-4-15(14(17)9-12)18-13-5-7-23(20,21)8-6-13/h3-9,16,20,24,28H,10-15H2,1-2H3,(H,29,33);3-4,9,13,18H,5-8,17H2,1-2H3. The van der Waals surface area contributed by atoms with E-state index in [1.54, 1.807) is 4.90 Å². The molecule has 0 radical (unpaired) electrons. The Labute approximate surface area is 350 Å². The predicted octanol–water partition coefficient (Wildman–Crippen LogP) is 6.61. The maximum absolute atomic E-state index is 13.6. The number of sulfone groups is 2. The number of nitrogen functional groups attached to an aromatic ring is 1. The topological polar surface area (TPSA) is 220 Å². The van der Waals surface area contributed by atoms with Crippen LogP contribution in [-0.4, -0.2) is 80.1 Å². The molecule has 1 atom stereocenters. The lowest BCUT2D eigenvalue weighted by atomic mass is 10.0. The van der Waals surface area contributed by atoms with Gasteiger partial charge in [0.15, 0.2) is 0 Å². The van der Waals surface area contributed by atoms with Crippen molar-refractivity contribution in [3.05, 3.63) is 89.6 Å². The molecule has 3 fully saturated rings. The van der Waals surface area contributed by atoms with Gasteiger partial charge in [0.2, 0.25) is 11.8 Å². The zero-order chi connectivity index (χ0) is 42.8. The van der Waals surface area contributed by atoms with Gasteiger partial charge in [-0.3, -0.25) is 14.5 Å². The van der Waals surface area contributed by atoms with E-state index in [0.29, 0.717) is 67.0 Å². The van der Waals surface area contributed by atoms with Crippen molar-refractivity contribution < 1.29 is 35.5 Å². The number of nitrogens with one attached hydrogen (secondary N) is 3. The largest absolute Gasteiger partial charge is 0.397 e. The monoisotopic (exact) mass is 857 g/mol. The van der Waals surface area contributed by atoms with E-state index in [1.165, 1.54) is 0 Å². The van der Waals surface area contributed by atoms with Gasteiger partial charge in [0.1, 0.15) is 37.2 Å². The van der Waals surface area contributed by atoms with Crippen LogP contribution in [0.3, 0.4) is 0 Å². The van der Waals surface area contributed by atoms with Gasteiger partial charge >= 0.3 is 0 Å². The van der Waals surface area contributed by atoms with E-state index in [9.17, 15) is 26.4 Å². The van der Waals surface area contributed by atoms with Gasteiger partial charge in [-0.25, -0.2) is 16.8 Å². The fourth-order valence-electron chi connectivity index (χ4n) is 8.14. The third kappa shape index (κ3) is 9.68. The molecule has 0 spiro atoms. The molecule has 0 bridgehead atoms. The number of hydrogen-bond donors (Lipinski definition) is 4. The van der Waals surface area contributed by atoms with Crippen molar-refractivity contribution >= 4 is 59.9 Å². The van der Waals surface area contributed by atoms with Gasteiger partial charge in [0.25, 0.3) is 0 Å². The number of nitrogens with zero attached hydrogens (tertiary/aromatic N) is 3. The van der Waals surface area contributed by atoms with Crippen molar-refractivity contribution in [3.8, 4) is 22.3 Å². The van der Waals surface area contributed by atoms with Gasteiger partial charge in [-0.15, -0.1) is 0 Å². The van der Waals surface area contributed by atoms with Crippen LogP contribution in [0.4, 0.5) is 28.4 Å². The van der Waals surface area contributed by atoms with Crippen LogP contribution in [0.5, 0.6) is 0 Å². The molecule has 17 heteroatoms. The SMILES string of the molecule is Cc1noc(C)c1-c1ccc(NC2CCS(=O)(=O)CC2)c(N)c1.Cc1noc(C)c1-c1ccc(NC2CCS(=O)(=O)CC2)c(NC(=O)C2CCC(=O)N2c2ccccc2)c1. The summed E-state index contributed by atoms with van der Waals surface area (Å²) in [6.07, 6.45) is 2.96. The highest BCUT2D eigenvalue weighted by Crippen LogP contribution is 2.36. The summed E-state index contributed by atoms with van der Waals surface area (Å²) in [5.41, 5.74) is 14.8. The van der Waals surface area contributed by atoms with E-state index < -0.39 is 25.7 Å². The predicted molar refractivity (Wildman–Crippen MR) is 233 cm³/mol. The number of para-hydroxylation sites is 1. The highest BCUT2D eigenvalue weighted by Gasteiger charge is 2.37. The van der Waals surface area contributed by atoms with E-state index in [0.717, 1.165) is 45.1 Å². The first-order valence-electron chi connectivity index (χ1n) is 20.1. The van der Waals surface area contributed by atoms with Gasteiger partial charge in [0, 0.05) is 35.3 Å². The molecule has 3 aliphatic rings. The normalized spacial score (nSPS) is 19.0. The molecule has 2 aromatic heterocycles. The van der Waals surface area contributed by atoms with E-state index in [2.05, 4.69) is 26.3 Å². The summed E-state index contributed by atoms with van der Waals surface area (Å²) in [7, 11) is -5.85. The number of anilines is 5. The quantitative estimate of drug-likeness (QED) is 0.115. The van der Waals surface area contributed by atoms with Crippen molar-refractivity contribution in [1.29, 1.82) is 0 Å². The van der Waals surface area contributed by atoms with Gasteiger partial charge in [0.05, 0.1) is 57.1 Å². The second-order valence-corrected chi connectivity index (χ2v) is 20.4. The minimum absolute atomic E-state index is 0.0297. The Hall–Kier alpha value is -5.68. The van der Waals surface area contributed by atoms with Crippen molar-refractivity contribution in [2.45, 2.75) is 84.3 Å². The van der Waals surface area contributed by atoms with E-state index in [-0.39, 0.29) is 46.9 Å². The summed E-state index contributed by atoms with van der Waals surface area (Å²) < 4.78 is 57.3. The summed E-state index contributed by atoms with van der Waals surface area (Å²) in [5, 5.41) is 17.9. The Morgan fingerprint density at radius 3 is 1.68 bits per heavy atom. The molecule has 3 aromatic carbocycles. The molecule has 318 valence electrons. The zero-order valence-electron chi connectivity index (χ0n) is 34.2. The molecule has 3 saturated heterocycles. The van der Waals surface area contributed by atoms with Gasteiger partial charge in [-0.1, -0.05) is 40.6 Å². The van der Waals surface area contributed by atoms with Crippen LogP contribution in [0.2, 0.25) is 0 Å². The van der Waals surface area contributed by atoms with Crippen molar-refractivity contribution in [2.75, 3.05) is 49.6 Å². The first-order chi connectivity index (χ1) is 28.6. The number of aromatic nitrogens is 2. The number of hydrogen-bond acceptors (Lipinski definition) is 13. The number of nitrogens with two attached hydrogens (primary N) is 1. The number of rotatable bonds is 9. The van der Waals surface area contributed by atoms with E-state index >= 15 is 0 Å². The van der Waals surface area contributed by atoms with Crippen LogP contribution in [0.1, 0.15) is 61.4 Å². The zero-order valence-corrected chi connectivity index (χ0v) is 35.8. The average molecular weight is 858 g/mol. The molecule has 5 N–H and O–H groups in total. The van der Waals surface area contributed by atoms with Crippen LogP contribution in [0, 0.1) is 27.7 Å². The van der Waals surface area contributed by atoms with E-state index in [1.807, 2.05) is 94.4 Å². The molecule has 60 heavy (non-hydrogen) atoms. The van der Waals surface area contributed by atoms with Crippen molar-refractivity contribution in [2.24, 2.45) is 0 Å². The van der Waals surface area contributed by atoms with Crippen LogP contribution >= 0.6 is 0 Å². The minimum Gasteiger partial charge on any atom is -0.397 e. The molecule has 8 rings (SSSR count). The number of aryl methyl sites for hydroxylation is 4. The molecule has 15 nitrogen and oxygen atoms in total. The lowest BCUT2D eigenvalue weighted by Gasteiger charge is -2.27. The Morgan fingerprint density at radius 1 is 0.683 bits per heavy atom. The molecule has 5 aromatic rings. The first kappa shape index (κ1) is 42.4. The maximum atomic E-state index is 13.6. The Bertz CT molecular complexity index is 2540. The van der Waals surface area contributed by atoms with Crippen LogP contribution in [0.25, 0.3) is 22.3 Å². The summed E-state index contributed by atoms with van der Waals surface area (Å²) in [4.78, 5) is 27.8. The number of amides is 2. The summed E-state index contributed by atoms with van der Waals surface area (Å²) in [6, 6.07) is 20.2. The van der Waals surface area contributed by atoms with E-state index in [4.69, 9.17) is 14.8 Å². The van der Waals surface area contributed by atoms with Gasteiger partial charge in [-0.2, -0.15) is 0 Å². The molecular weight excluding hydrogens is 807 g/mol. The third-order valence-corrected chi connectivity index (χ3v) is 14.8. The third-order valence-electron chi connectivity index (χ3n) is 11.4. The fraction of sp³-hybridized carbons (Fsp3) is 0.395. The van der Waals surface area contributed by atoms with Gasteiger partial charge < -0.3 is 30.7 Å². The second kappa shape index (κ2) is 17.5. The molecule has 0 aliphatic carbocycles. The Balaban J connectivity index is 0.000000203. The Kier molecular flexibility index (Phi) is 12.4. The van der Waals surface area contributed by atoms with Crippen molar-refractivity contribution in [1.82, 2.24) is 10.3 Å². The molecule has 1 unspecified atom stereocenters. The molecular formula is C43H51N7O8S2. The summed E-state index contributed by atoms with van der Waals surface area (Å²) in [5.74, 6) is 1.82. The highest BCUT2D eigenvalue weighted by molar-refractivity contribution is 7.91. The molecule has 3 aliphatic heterocycles. The van der Waals surface area contributed by atoms with Crippen LogP contribution in [0.15, 0.2) is 75.8 Å². The van der Waals surface area contributed by atoms with Crippen LogP contribution < -0.4 is 26.6 Å². The minimum atomic E-state index is -3.00. The maximum Gasteiger partial charge on any atom is 0.247 e. The summed E-state index contributed by atoms with van der Waals surface area (Å²) in [6.45, 7) is 7.47.